The van der Waals surface area contributed by atoms with Crippen LogP contribution in [0.1, 0.15) is 25.0 Å². The molecule has 1 aromatic heterocycles. The summed E-state index contributed by atoms with van der Waals surface area (Å²) in [6.45, 7) is 2.87. The van der Waals surface area contributed by atoms with Crippen molar-refractivity contribution in [3.8, 4) is 0 Å². The highest BCUT2D eigenvalue weighted by atomic mass is 35.5. The Morgan fingerprint density at radius 3 is 2.58 bits per heavy atom. The molecule has 2 saturated heterocycles. The van der Waals surface area contributed by atoms with Gasteiger partial charge in [0.15, 0.2) is 5.82 Å². The van der Waals surface area contributed by atoms with Gasteiger partial charge in [0.05, 0.1) is 17.2 Å². The van der Waals surface area contributed by atoms with Crippen molar-refractivity contribution in [3.05, 3.63) is 10.7 Å². The third-order valence-electron chi connectivity index (χ3n) is 5.31. The van der Waals surface area contributed by atoms with Gasteiger partial charge in [0.1, 0.15) is 5.02 Å². The summed E-state index contributed by atoms with van der Waals surface area (Å²) in [7, 11) is 1.70. The van der Waals surface area contributed by atoms with Crippen molar-refractivity contribution in [3.63, 3.8) is 0 Å². The number of carbonyl (C=O) groups is 2. The Morgan fingerprint density at radius 1 is 1.38 bits per heavy atom. The Kier molecular flexibility index (Phi) is 4.03. The molecule has 130 valence electrons. The van der Waals surface area contributed by atoms with E-state index in [9.17, 15) is 14.7 Å². The van der Waals surface area contributed by atoms with Gasteiger partial charge in [-0.3, -0.25) is 9.59 Å². The third kappa shape index (κ3) is 2.45. The van der Waals surface area contributed by atoms with Crippen LogP contribution in [-0.2, 0) is 9.59 Å². The molecule has 24 heavy (non-hydrogen) atoms. The molecule has 2 fully saturated rings. The molecular formula is C15H20ClN5O3. The number of nitrogens with two attached hydrogens (primary N) is 1. The third-order valence-corrected chi connectivity index (χ3v) is 5.76. The Hall–Kier alpha value is -2.09. The summed E-state index contributed by atoms with van der Waals surface area (Å²) >= 11 is 6.30. The number of amides is 1. The molecule has 2 aliphatic rings. The second-order valence-corrected chi connectivity index (χ2v) is 6.82. The van der Waals surface area contributed by atoms with Crippen molar-refractivity contribution in [2.45, 2.75) is 31.7 Å². The van der Waals surface area contributed by atoms with Gasteiger partial charge in [-0.1, -0.05) is 11.6 Å². The second kappa shape index (κ2) is 5.77. The normalized spacial score (nSPS) is 23.1. The van der Waals surface area contributed by atoms with E-state index < -0.39 is 17.4 Å². The van der Waals surface area contributed by atoms with Crippen molar-refractivity contribution in [2.75, 3.05) is 30.8 Å². The number of aliphatic carboxylic acids is 1. The number of nitrogens with zero attached hydrogens (tertiary/aromatic N) is 4. The Morgan fingerprint density at radius 2 is 2.00 bits per heavy atom. The van der Waals surface area contributed by atoms with Gasteiger partial charge in [-0.2, -0.15) is 4.98 Å². The summed E-state index contributed by atoms with van der Waals surface area (Å²) in [6.07, 6.45) is 1.16. The minimum absolute atomic E-state index is 0.0617. The smallest absolute Gasteiger partial charge is 0.309 e. The van der Waals surface area contributed by atoms with Crippen LogP contribution in [0.4, 0.5) is 11.8 Å². The van der Waals surface area contributed by atoms with Crippen LogP contribution in [0.2, 0.25) is 5.02 Å². The fraction of sp³-hybridized carbons (Fsp3) is 0.600. The zero-order chi connectivity index (χ0) is 17.6. The van der Waals surface area contributed by atoms with E-state index in [0.717, 1.165) is 0 Å². The number of rotatable bonds is 2. The average Bonchev–Trinajstić information content (AvgIpc) is 2.77. The summed E-state index contributed by atoms with van der Waals surface area (Å²) in [5, 5.41) is 9.97. The number of likely N-dealkylation sites (tertiary alicyclic amines) is 1. The van der Waals surface area contributed by atoms with Gasteiger partial charge < -0.3 is 20.6 Å². The molecule has 1 atom stereocenters. The van der Waals surface area contributed by atoms with Crippen molar-refractivity contribution >= 4 is 35.2 Å². The molecule has 3 N–H and O–H groups in total. The standard InChI is InChI=1S/C15H20ClN5O3/c1-8-11(16)12(19-14(17)18-8)21-5-3-15(4-6-21)9(13(23)24)7-10(22)20(15)2/h9H,3-7H2,1-2H3,(H,23,24)(H2,17,18,19). The monoisotopic (exact) mass is 353 g/mol. The second-order valence-electron chi connectivity index (χ2n) is 6.44. The van der Waals surface area contributed by atoms with Gasteiger partial charge in [-0.05, 0) is 19.8 Å². The van der Waals surface area contributed by atoms with Crippen molar-refractivity contribution in [2.24, 2.45) is 5.92 Å². The lowest BCUT2D eigenvalue weighted by Crippen LogP contribution is -2.56. The highest BCUT2D eigenvalue weighted by molar-refractivity contribution is 6.33. The topological polar surface area (TPSA) is 113 Å². The zero-order valence-corrected chi connectivity index (χ0v) is 14.4. The van der Waals surface area contributed by atoms with E-state index in [-0.39, 0.29) is 18.3 Å². The largest absolute Gasteiger partial charge is 0.481 e. The molecular weight excluding hydrogens is 334 g/mol. The highest BCUT2D eigenvalue weighted by Crippen LogP contribution is 2.44. The van der Waals surface area contributed by atoms with E-state index in [4.69, 9.17) is 17.3 Å². The van der Waals surface area contributed by atoms with Crippen LogP contribution in [0, 0.1) is 12.8 Å². The molecule has 8 nitrogen and oxygen atoms in total. The maximum absolute atomic E-state index is 12.0. The number of nitrogen functional groups attached to an aromatic ring is 1. The molecule has 0 saturated carbocycles. The Labute approximate surface area is 144 Å². The van der Waals surface area contributed by atoms with E-state index in [1.165, 1.54) is 0 Å². The fourth-order valence-corrected chi connectivity index (χ4v) is 4.07. The minimum atomic E-state index is -0.915. The molecule has 1 spiro atoms. The van der Waals surface area contributed by atoms with Crippen molar-refractivity contribution in [1.29, 1.82) is 0 Å². The Balaban J connectivity index is 1.85. The lowest BCUT2D eigenvalue weighted by molar-refractivity contribution is -0.145. The lowest BCUT2D eigenvalue weighted by atomic mass is 9.77. The van der Waals surface area contributed by atoms with Gasteiger partial charge in [-0.25, -0.2) is 4.98 Å². The van der Waals surface area contributed by atoms with Crippen LogP contribution in [0.3, 0.4) is 0 Å². The van der Waals surface area contributed by atoms with Crippen LogP contribution in [0.15, 0.2) is 0 Å². The molecule has 0 bridgehead atoms. The number of hydrogen-bond donors (Lipinski definition) is 2. The van der Waals surface area contributed by atoms with E-state index in [1.807, 2.05) is 4.90 Å². The first-order valence-corrected chi connectivity index (χ1v) is 8.18. The minimum Gasteiger partial charge on any atom is -0.481 e. The number of piperidine rings is 1. The van der Waals surface area contributed by atoms with Gasteiger partial charge in [0, 0.05) is 26.6 Å². The van der Waals surface area contributed by atoms with E-state index in [1.54, 1.807) is 18.9 Å². The van der Waals surface area contributed by atoms with Crippen LogP contribution in [0.5, 0.6) is 0 Å². The first-order chi connectivity index (χ1) is 11.3. The summed E-state index contributed by atoms with van der Waals surface area (Å²) in [6, 6.07) is 0. The number of anilines is 2. The Bertz CT molecular complexity index is 703. The maximum Gasteiger partial charge on any atom is 0.309 e. The lowest BCUT2D eigenvalue weighted by Gasteiger charge is -2.45. The molecule has 1 aromatic rings. The molecule has 1 unspecified atom stereocenters. The average molecular weight is 354 g/mol. The zero-order valence-electron chi connectivity index (χ0n) is 13.6. The van der Waals surface area contributed by atoms with Gasteiger partial charge in [0.2, 0.25) is 11.9 Å². The summed E-state index contributed by atoms with van der Waals surface area (Å²) in [5.74, 6) is -0.985. The number of carboxylic acid groups (broad SMARTS) is 1. The summed E-state index contributed by atoms with van der Waals surface area (Å²) < 4.78 is 0. The first kappa shape index (κ1) is 16.8. The van der Waals surface area contributed by atoms with Crippen LogP contribution >= 0.6 is 11.6 Å². The predicted octanol–water partition coefficient (Wildman–Crippen LogP) is 0.923. The molecule has 1 amide bonds. The van der Waals surface area contributed by atoms with Crippen molar-refractivity contribution < 1.29 is 14.7 Å². The summed E-state index contributed by atoms with van der Waals surface area (Å²) in [5.41, 5.74) is 5.68. The van der Waals surface area contributed by atoms with Gasteiger partial charge in [0.25, 0.3) is 0 Å². The number of carboxylic acids is 1. The van der Waals surface area contributed by atoms with E-state index >= 15 is 0 Å². The van der Waals surface area contributed by atoms with E-state index in [2.05, 4.69) is 9.97 Å². The summed E-state index contributed by atoms with van der Waals surface area (Å²) in [4.78, 5) is 35.5. The molecule has 0 radical (unpaired) electrons. The SMILES string of the molecule is Cc1nc(N)nc(N2CCC3(CC2)C(C(=O)O)CC(=O)N3C)c1Cl. The number of aryl methyl sites for hydroxylation is 1. The molecule has 0 aliphatic carbocycles. The molecule has 3 rings (SSSR count). The van der Waals surface area contributed by atoms with Crippen LogP contribution < -0.4 is 10.6 Å². The predicted molar refractivity (Wildman–Crippen MR) is 88.9 cm³/mol. The number of aromatic nitrogens is 2. The molecule has 9 heteroatoms. The quantitative estimate of drug-likeness (QED) is 0.812. The van der Waals surface area contributed by atoms with Crippen molar-refractivity contribution in [1.82, 2.24) is 14.9 Å². The number of carbonyl (C=O) groups excluding carboxylic acids is 1. The number of hydrogen-bond acceptors (Lipinski definition) is 6. The number of halogens is 1. The van der Waals surface area contributed by atoms with Gasteiger partial charge in [-0.15, -0.1) is 0 Å². The molecule has 3 heterocycles. The van der Waals surface area contributed by atoms with Crippen LogP contribution in [-0.4, -0.2) is 57.5 Å². The van der Waals surface area contributed by atoms with E-state index in [0.29, 0.717) is 42.5 Å². The fourth-order valence-electron chi connectivity index (χ4n) is 3.87. The maximum atomic E-state index is 12.0. The molecule has 0 aromatic carbocycles. The first-order valence-electron chi connectivity index (χ1n) is 7.80. The van der Waals surface area contributed by atoms with Crippen LogP contribution in [0.25, 0.3) is 0 Å². The molecule has 2 aliphatic heterocycles. The highest BCUT2D eigenvalue weighted by Gasteiger charge is 2.55. The van der Waals surface area contributed by atoms with Gasteiger partial charge >= 0.3 is 5.97 Å².